The van der Waals surface area contributed by atoms with E-state index in [1.807, 2.05) is 0 Å². The number of nitrogens with zero attached hydrogens (tertiary/aromatic N) is 3. The first-order valence-electron chi connectivity index (χ1n) is 10.3. The second kappa shape index (κ2) is 13.8. The molecule has 0 N–H and O–H groups in total. The van der Waals surface area contributed by atoms with Crippen LogP contribution in [0.2, 0.25) is 6.04 Å². The zero-order chi connectivity index (χ0) is 21.7. The van der Waals surface area contributed by atoms with Crippen LogP contribution >= 0.6 is 36.7 Å². The predicted octanol–water partition coefficient (Wildman–Crippen LogP) is 6.16. The van der Waals surface area contributed by atoms with Crippen molar-refractivity contribution in [3.8, 4) is 5.75 Å². The van der Waals surface area contributed by atoms with E-state index in [0.717, 1.165) is 50.9 Å². The van der Waals surface area contributed by atoms with Gasteiger partial charge in [-0.1, -0.05) is 19.1 Å². The zero-order valence-corrected chi connectivity index (χ0v) is 20.7. The van der Waals surface area contributed by atoms with Gasteiger partial charge in [-0.05, 0) is 98.8 Å². The molecule has 0 unspecified atom stereocenters. The molecule has 1 aliphatic rings. The quantitative estimate of drug-likeness (QED) is 0.156. The minimum atomic E-state index is -2.81. The third-order valence-corrected chi connectivity index (χ3v) is 8.38. The van der Waals surface area contributed by atoms with Gasteiger partial charge >= 0.3 is 8.56 Å². The molecule has 0 spiro atoms. The summed E-state index contributed by atoms with van der Waals surface area (Å²) in [6.07, 6.45) is 6.48. The van der Waals surface area contributed by atoms with E-state index in [9.17, 15) is 0 Å². The first-order valence-corrected chi connectivity index (χ1v) is 13.5. The number of thiocarbonyl (C=S) groups is 3. The summed E-state index contributed by atoms with van der Waals surface area (Å²) in [4.78, 5) is 0. The Morgan fingerprint density at radius 3 is 2.07 bits per heavy atom. The van der Waals surface area contributed by atoms with E-state index in [2.05, 4.69) is 60.6 Å². The van der Waals surface area contributed by atoms with Gasteiger partial charge < -0.3 is 9.47 Å². The van der Waals surface area contributed by atoms with Crippen LogP contribution < -0.4 is 4.74 Å². The van der Waals surface area contributed by atoms with Crippen molar-refractivity contribution in [1.82, 2.24) is 0 Å². The highest BCUT2D eigenvalue weighted by Crippen LogP contribution is 2.34. The van der Waals surface area contributed by atoms with E-state index < -0.39 is 8.56 Å². The summed E-state index contributed by atoms with van der Waals surface area (Å²) in [6, 6.07) is 9.16. The predicted molar refractivity (Wildman–Crippen MR) is 133 cm³/mol. The number of ether oxygens (including phenoxy) is 2. The lowest BCUT2D eigenvalue weighted by atomic mass is 9.83. The Balaban J connectivity index is 1.76. The van der Waals surface area contributed by atoms with Crippen molar-refractivity contribution >= 4 is 60.7 Å². The second-order valence-electron chi connectivity index (χ2n) is 7.25. The van der Waals surface area contributed by atoms with E-state index >= 15 is 0 Å². The maximum absolute atomic E-state index is 6.10. The van der Waals surface area contributed by atoms with Crippen molar-refractivity contribution in [2.24, 2.45) is 14.0 Å². The lowest BCUT2D eigenvalue weighted by Crippen LogP contribution is -2.28. The molecule has 1 fully saturated rings. The maximum atomic E-state index is 6.10. The monoisotopic (exact) mass is 477 g/mol. The first-order chi connectivity index (χ1) is 14.7. The van der Waals surface area contributed by atoms with Gasteiger partial charge in [-0.25, -0.2) is 14.0 Å². The summed E-state index contributed by atoms with van der Waals surface area (Å²) < 4.78 is 24.2. The van der Waals surface area contributed by atoms with Crippen molar-refractivity contribution in [2.75, 3.05) is 13.2 Å². The highest BCUT2D eigenvalue weighted by molar-refractivity contribution is 7.78. The molecule has 1 aromatic rings. The smallest absolute Gasteiger partial charge is 0.461 e. The van der Waals surface area contributed by atoms with Crippen molar-refractivity contribution in [3.05, 3.63) is 29.8 Å². The Bertz CT molecular complexity index is 764. The molecule has 0 saturated heterocycles. The van der Waals surface area contributed by atoms with Crippen LogP contribution in [-0.2, 0) is 4.74 Å². The molecule has 0 aromatic heterocycles. The molecular weight excluding hydrogens is 451 g/mol. The standard InChI is InChI=1S/C21H27N3O2S3Si/c1-2-12-25-20-8-4-18(5-9-20)19-6-10-21(11-7-19)26-13-3-14-30(22-15-27,23-16-28)24-17-29/h4-5,8-9,19,21H,2-3,6-7,10-14H2,1H3. The van der Waals surface area contributed by atoms with Gasteiger partial charge in [-0.15, -0.1) is 0 Å². The molecule has 1 aliphatic carbocycles. The Morgan fingerprint density at radius 2 is 1.53 bits per heavy atom. The average molecular weight is 478 g/mol. The minimum Gasteiger partial charge on any atom is -0.494 e. The normalized spacial score (nSPS) is 20.0. The number of benzene rings is 1. The van der Waals surface area contributed by atoms with Crippen LogP contribution in [-0.4, -0.2) is 43.4 Å². The molecule has 0 aliphatic heterocycles. The molecule has 0 radical (unpaired) electrons. The first kappa shape index (κ1) is 24.9. The fourth-order valence-electron chi connectivity index (χ4n) is 3.64. The highest BCUT2D eigenvalue weighted by atomic mass is 32.1. The third kappa shape index (κ3) is 8.03. The van der Waals surface area contributed by atoms with E-state index in [0.29, 0.717) is 24.7 Å². The van der Waals surface area contributed by atoms with Crippen LogP contribution in [0.15, 0.2) is 38.2 Å². The van der Waals surface area contributed by atoms with Gasteiger partial charge in [0, 0.05) is 12.7 Å². The SMILES string of the molecule is CCCOc1ccc(C2CCC(OCCC[Si](N=C=S)(N=C=S)N=C=S)CC2)cc1. The van der Waals surface area contributed by atoms with E-state index in [1.165, 1.54) is 5.56 Å². The Hall–Kier alpha value is -1.40. The largest absolute Gasteiger partial charge is 0.494 e. The van der Waals surface area contributed by atoms with Crippen molar-refractivity contribution in [1.29, 1.82) is 0 Å². The Morgan fingerprint density at radius 1 is 0.933 bits per heavy atom. The third-order valence-electron chi connectivity index (χ3n) is 5.18. The van der Waals surface area contributed by atoms with Gasteiger partial charge in [-0.2, -0.15) is 0 Å². The molecule has 0 heterocycles. The lowest BCUT2D eigenvalue weighted by molar-refractivity contribution is 0.0250. The average Bonchev–Trinajstić information content (AvgIpc) is 2.77. The molecule has 5 nitrogen and oxygen atoms in total. The molecule has 1 saturated carbocycles. The van der Waals surface area contributed by atoms with Crippen molar-refractivity contribution < 1.29 is 9.47 Å². The van der Waals surface area contributed by atoms with Crippen LogP contribution in [0.25, 0.3) is 0 Å². The van der Waals surface area contributed by atoms with Crippen LogP contribution in [0.3, 0.4) is 0 Å². The fourth-order valence-corrected chi connectivity index (χ4v) is 6.50. The molecule has 0 amide bonds. The van der Waals surface area contributed by atoms with E-state index in [4.69, 9.17) is 46.1 Å². The molecule has 2 rings (SSSR count). The summed E-state index contributed by atoms with van der Waals surface area (Å²) in [5.41, 5.74) is 1.39. The van der Waals surface area contributed by atoms with Gasteiger partial charge in [0.1, 0.15) is 5.75 Å². The van der Waals surface area contributed by atoms with Gasteiger partial charge in [0.2, 0.25) is 0 Å². The Kier molecular flexibility index (Phi) is 11.4. The van der Waals surface area contributed by atoms with Gasteiger partial charge in [0.15, 0.2) is 0 Å². The molecular formula is C21H27N3O2S3Si. The minimum absolute atomic E-state index is 0.293. The number of hydrogen-bond acceptors (Lipinski definition) is 8. The van der Waals surface area contributed by atoms with Gasteiger partial charge in [0.05, 0.1) is 28.2 Å². The fraction of sp³-hybridized carbons (Fsp3) is 0.571. The van der Waals surface area contributed by atoms with Crippen LogP contribution in [0.4, 0.5) is 0 Å². The highest BCUT2D eigenvalue weighted by Gasteiger charge is 2.34. The van der Waals surface area contributed by atoms with Crippen LogP contribution in [0.5, 0.6) is 5.75 Å². The topological polar surface area (TPSA) is 55.5 Å². The van der Waals surface area contributed by atoms with Gasteiger partial charge in [-0.3, -0.25) is 0 Å². The van der Waals surface area contributed by atoms with Crippen molar-refractivity contribution in [2.45, 2.75) is 63.5 Å². The summed E-state index contributed by atoms with van der Waals surface area (Å²) >= 11 is 14.2. The van der Waals surface area contributed by atoms with E-state index in [-0.39, 0.29) is 0 Å². The molecule has 0 atom stereocenters. The Labute approximate surface area is 196 Å². The number of hydrogen-bond donors (Lipinski definition) is 0. The lowest BCUT2D eigenvalue weighted by Gasteiger charge is -2.29. The molecule has 160 valence electrons. The molecule has 1 aromatic carbocycles. The summed E-state index contributed by atoms with van der Waals surface area (Å²) in [6.45, 7) is 3.50. The van der Waals surface area contributed by atoms with Crippen LogP contribution in [0, 0.1) is 0 Å². The molecule has 30 heavy (non-hydrogen) atoms. The summed E-state index contributed by atoms with van der Waals surface area (Å²) in [7, 11) is -2.81. The van der Waals surface area contributed by atoms with E-state index in [1.54, 1.807) is 0 Å². The molecule has 9 heteroatoms. The number of rotatable bonds is 12. The van der Waals surface area contributed by atoms with Crippen molar-refractivity contribution in [3.63, 3.8) is 0 Å². The maximum Gasteiger partial charge on any atom is 0.461 e. The zero-order valence-electron chi connectivity index (χ0n) is 17.2. The molecule has 0 bridgehead atoms. The van der Waals surface area contributed by atoms with Gasteiger partial charge in [0.25, 0.3) is 0 Å². The second-order valence-corrected chi connectivity index (χ2v) is 10.5. The summed E-state index contributed by atoms with van der Waals surface area (Å²) in [5, 5.41) is 7.09. The number of isothiocyanates is 3. The van der Waals surface area contributed by atoms with Crippen LogP contribution in [0.1, 0.15) is 56.9 Å². The summed E-state index contributed by atoms with van der Waals surface area (Å²) in [5.74, 6) is 1.54.